The van der Waals surface area contributed by atoms with E-state index in [4.69, 9.17) is 11.6 Å². The zero-order chi connectivity index (χ0) is 22.2. The Hall–Kier alpha value is -2.57. The Labute approximate surface area is 189 Å². The van der Waals surface area contributed by atoms with Gasteiger partial charge in [0, 0.05) is 36.9 Å². The molecule has 0 bridgehead atoms. The highest BCUT2D eigenvalue weighted by molar-refractivity contribution is 6.30. The molecule has 0 saturated carbocycles. The van der Waals surface area contributed by atoms with Crippen LogP contribution < -0.4 is 10.6 Å². The lowest BCUT2D eigenvalue weighted by atomic mass is 10.0. The lowest BCUT2D eigenvalue weighted by Crippen LogP contribution is -2.53. The molecular weight excluding hydrogens is 412 g/mol. The van der Waals surface area contributed by atoms with E-state index in [0.29, 0.717) is 37.7 Å². The van der Waals surface area contributed by atoms with Gasteiger partial charge < -0.3 is 15.5 Å². The fraction of sp³-hybridized carbons (Fsp3) is 0.417. The van der Waals surface area contributed by atoms with Crippen molar-refractivity contribution in [3.05, 3.63) is 64.7 Å². The normalized spacial score (nSPS) is 15.4. The van der Waals surface area contributed by atoms with Gasteiger partial charge in [0.25, 0.3) is 0 Å². The van der Waals surface area contributed by atoms with E-state index in [-0.39, 0.29) is 18.0 Å². The molecule has 31 heavy (non-hydrogen) atoms. The summed E-state index contributed by atoms with van der Waals surface area (Å²) in [4.78, 5) is 29.1. The van der Waals surface area contributed by atoms with Crippen molar-refractivity contribution in [2.75, 3.05) is 38.0 Å². The highest BCUT2D eigenvalue weighted by Gasteiger charge is 2.24. The maximum atomic E-state index is 12.8. The van der Waals surface area contributed by atoms with E-state index in [9.17, 15) is 9.59 Å². The summed E-state index contributed by atoms with van der Waals surface area (Å²) in [5.41, 5.74) is 3.01. The number of aryl methyl sites for hydroxylation is 1. The molecule has 0 aliphatic carbocycles. The Morgan fingerprint density at radius 3 is 2.45 bits per heavy atom. The maximum Gasteiger partial charge on any atom is 0.317 e. The number of anilines is 1. The molecule has 1 unspecified atom stereocenters. The molecule has 1 heterocycles. The van der Waals surface area contributed by atoms with E-state index in [0.717, 1.165) is 29.7 Å². The molecule has 6 nitrogen and oxygen atoms in total. The van der Waals surface area contributed by atoms with E-state index in [1.807, 2.05) is 60.4 Å². The van der Waals surface area contributed by atoms with Gasteiger partial charge in [0.2, 0.25) is 5.91 Å². The number of hydrogen-bond donors (Lipinski definition) is 2. The molecule has 0 spiro atoms. The van der Waals surface area contributed by atoms with E-state index in [2.05, 4.69) is 22.5 Å². The Morgan fingerprint density at radius 2 is 1.77 bits per heavy atom. The molecule has 1 saturated heterocycles. The minimum atomic E-state index is -0.0761. The van der Waals surface area contributed by atoms with Gasteiger partial charge in [-0.3, -0.25) is 9.69 Å². The molecule has 2 aromatic rings. The predicted octanol–water partition coefficient (Wildman–Crippen LogP) is 4.32. The van der Waals surface area contributed by atoms with Crippen LogP contribution in [-0.2, 0) is 11.2 Å². The largest absolute Gasteiger partial charge is 0.331 e. The van der Waals surface area contributed by atoms with Gasteiger partial charge in [0.05, 0.1) is 12.6 Å². The summed E-state index contributed by atoms with van der Waals surface area (Å²) >= 11 is 6.10. The van der Waals surface area contributed by atoms with E-state index < -0.39 is 0 Å². The molecule has 0 radical (unpaired) electrons. The summed E-state index contributed by atoms with van der Waals surface area (Å²) in [7, 11) is 0. The number of para-hydroxylation sites is 1. The van der Waals surface area contributed by atoms with Crippen LogP contribution in [0, 0.1) is 0 Å². The number of carbonyl (C=O) groups excluding carboxylic acids is 2. The second-order valence-electron chi connectivity index (χ2n) is 7.79. The molecule has 1 aliphatic heterocycles. The Bertz CT molecular complexity index is 897. The molecule has 1 fully saturated rings. The Morgan fingerprint density at radius 1 is 1.03 bits per heavy atom. The first-order valence-corrected chi connectivity index (χ1v) is 11.3. The quantitative estimate of drug-likeness (QED) is 0.671. The van der Waals surface area contributed by atoms with Crippen LogP contribution in [0.3, 0.4) is 0 Å². The highest BCUT2D eigenvalue weighted by atomic mass is 35.5. The van der Waals surface area contributed by atoms with Crippen molar-refractivity contribution in [2.24, 2.45) is 0 Å². The number of urea groups is 1. The summed E-state index contributed by atoms with van der Waals surface area (Å²) in [6.45, 7) is 6.97. The van der Waals surface area contributed by atoms with Crippen molar-refractivity contribution in [3.63, 3.8) is 0 Å². The van der Waals surface area contributed by atoms with Crippen LogP contribution in [0.25, 0.3) is 0 Å². The lowest BCUT2D eigenvalue weighted by molar-refractivity contribution is -0.117. The number of amides is 3. The van der Waals surface area contributed by atoms with Crippen molar-refractivity contribution in [3.8, 4) is 0 Å². The summed E-state index contributed by atoms with van der Waals surface area (Å²) in [6.07, 6.45) is 1.66. The Kier molecular flexibility index (Phi) is 8.32. The standard InChI is InChI=1S/C24H31ClN4O2/c1-3-18-8-5-6-11-22(18)26-23(30)17-28-12-14-29(15-13-28)24(31)27-21(4-2)19-9-7-10-20(25)16-19/h5-11,16,21H,3-4,12-15,17H2,1-2H3,(H,26,30)(H,27,31). The van der Waals surface area contributed by atoms with E-state index >= 15 is 0 Å². The summed E-state index contributed by atoms with van der Waals surface area (Å²) in [6, 6.07) is 15.3. The third-order valence-electron chi connectivity index (χ3n) is 5.66. The second-order valence-corrected chi connectivity index (χ2v) is 8.22. The van der Waals surface area contributed by atoms with Crippen LogP contribution in [0.2, 0.25) is 5.02 Å². The zero-order valence-electron chi connectivity index (χ0n) is 18.2. The third kappa shape index (κ3) is 6.45. The SMILES string of the molecule is CCc1ccccc1NC(=O)CN1CCN(C(=O)NC(CC)c2cccc(Cl)c2)CC1. The van der Waals surface area contributed by atoms with Crippen LogP contribution >= 0.6 is 11.6 Å². The molecule has 1 atom stereocenters. The summed E-state index contributed by atoms with van der Waals surface area (Å²) < 4.78 is 0. The number of nitrogens with zero attached hydrogens (tertiary/aromatic N) is 2. The summed E-state index contributed by atoms with van der Waals surface area (Å²) in [5.74, 6) is -0.0224. The van der Waals surface area contributed by atoms with E-state index in [1.165, 1.54) is 0 Å². The van der Waals surface area contributed by atoms with Crippen molar-refractivity contribution < 1.29 is 9.59 Å². The van der Waals surface area contributed by atoms with Gasteiger partial charge in [0.1, 0.15) is 0 Å². The van der Waals surface area contributed by atoms with Gasteiger partial charge in [-0.25, -0.2) is 4.79 Å². The number of nitrogens with one attached hydrogen (secondary N) is 2. The van der Waals surface area contributed by atoms with Gasteiger partial charge in [0.15, 0.2) is 0 Å². The van der Waals surface area contributed by atoms with Crippen LogP contribution in [0.4, 0.5) is 10.5 Å². The van der Waals surface area contributed by atoms with Crippen LogP contribution in [0.1, 0.15) is 37.4 Å². The highest BCUT2D eigenvalue weighted by Crippen LogP contribution is 2.21. The van der Waals surface area contributed by atoms with Gasteiger partial charge in [-0.05, 0) is 42.2 Å². The number of hydrogen-bond acceptors (Lipinski definition) is 3. The topological polar surface area (TPSA) is 64.7 Å². The molecule has 1 aliphatic rings. The first-order valence-electron chi connectivity index (χ1n) is 10.9. The molecule has 2 aromatic carbocycles. The van der Waals surface area contributed by atoms with Crippen molar-refractivity contribution >= 4 is 29.2 Å². The van der Waals surface area contributed by atoms with E-state index in [1.54, 1.807) is 0 Å². The maximum absolute atomic E-state index is 12.8. The minimum absolute atomic E-state index is 0.0224. The molecule has 0 aromatic heterocycles. The Balaban J connectivity index is 1.47. The zero-order valence-corrected chi connectivity index (χ0v) is 19.0. The monoisotopic (exact) mass is 442 g/mol. The minimum Gasteiger partial charge on any atom is -0.331 e. The van der Waals surface area contributed by atoms with Gasteiger partial charge >= 0.3 is 6.03 Å². The number of rotatable bonds is 7. The van der Waals surface area contributed by atoms with Crippen molar-refractivity contribution in [1.82, 2.24) is 15.1 Å². The fourth-order valence-electron chi connectivity index (χ4n) is 3.84. The first-order chi connectivity index (χ1) is 15.0. The van der Waals surface area contributed by atoms with Gasteiger partial charge in [-0.2, -0.15) is 0 Å². The van der Waals surface area contributed by atoms with Crippen LogP contribution in [0.15, 0.2) is 48.5 Å². The molecule has 2 N–H and O–H groups in total. The molecule has 3 amide bonds. The first kappa shape index (κ1) is 23.1. The number of benzene rings is 2. The number of piperazine rings is 1. The average Bonchev–Trinajstić information content (AvgIpc) is 2.78. The molecule has 3 rings (SSSR count). The third-order valence-corrected chi connectivity index (χ3v) is 5.89. The average molecular weight is 443 g/mol. The summed E-state index contributed by atoms with van der Waals surface area (Å²) in [5, 5.41) is 6.79. The molecule has 7 heteroatoms. The number of carbonyl (C=O) groups is 2. The smallest absolute Gasteiger partial charge is 0.317 e. The lowest BCUT2D eigenvalue weighted by Gasteiger charge is -2.35. The second kappa shape index (κ2) is 11.2. The van der Waals surface area contributed by atoms with Crippen LogP contribution in [0.5, 0.6) is 0 Å². The van der Waals surface area contributed by atoms with Crippen molar-refractivity contribution in [1.29, 1.82) is 0 Å². The predicted molar refractivity (Wildman–Crippen MR) is 125 cm³/mol. The molecular formula is C24H31ClN4O2. The van der Waals surface area contributed by atoms with Crippen LogP contribution in [-0.4, -0.2) is 54.5 Å². The van der Waals surface area contributed by atoms with Gasteiger partial charge in [-0.15, -0.1) is 0 Å². The number of halogens is 1. The fourth-order valence-corrected chi connectivity index (χ4v) is 4.04. The molecule has 166 valence electrons. The van der Waals surface area contributed by atoms with Gasteiger partial charge in [-0.1, -0.05) is 55.8 Å². The van der Waals surface area contributed by atoms with Crippen molar-refractivity contribution in [2.45, 2.75) is 32.7 Å².